The molecule has 2 heterocycles. The summed E-state index contributed by atoms with van der Waals surface area (Å²) in [7, 11) is 0. The summed E-state index contributed by atoms with van der Waals surface area (Å²) in [4.78, 5) is 24.6. The topological polar surface area (TPSA) is 46.1 Å². The molecule has 0 radical (unpaired) electrons. The molecule has 0 saturated carbocycles. The van der Waals surface area contributed by atoms with Gasteiger partial charge in [-0.2, -0.15) is 0 Å². The number of nitrogens with zero attached hydrogens (tertiary/aromatic N) is 3. The van der Waals surface area contributed by atoms with Crippen LogP contribution in [0.1, 0.15) is 12.0 Å². The van der Waals surface area contributed by atoms with Crippen LogP contribution in [0.2, 0.25) is 0 Å². The molecule has 4 rings (SSSR count). The molecule has 0 N–H and O–H groups in total. The molecule has 0 unspecified atom stereocenters. The Labute approximate surface area is 190 Å². The molecule has 0 atom stereocenters. The first-order valence-corrected chi connectivity index (χ1v) is 11.8. The van der Waals surface area contributed by atoms with E-state index in [9.17, 15) is 9.18 Å². The zero-order chi connectivity index (χ0) is 20.9. The minimum atomic E-state index is -0.263. The van der Waals surface area contributed by atoms with Crippen LogP contribution in [0.4, 0.5) is 9.52 Å². The van der Waals surface area contributed by atoms with Crippen LogP contribution < -0.4 is 4.90 Å². The van der Waals surface area contributed by atoms with Crippen LogP contribution in [0.5, 0.6) is 0 Å². The maximum absolute atomic E-state index is 13.1. The minimum absolute atomic E-state index is 0.00779. The second kappa shape index (κ2) is 9.68. The van der Waals surface area contributed by atoms with Crippen molar-refractivity contribution in [1.29, 1.82) is 0 Å². The average molecular weight is 502 g/mol. The van der Waals surface area contributed by atoms with Crippen molar-refractivity contribution in [1.82, 2.24) is 9.97 Å². The van der Waals surface area contributed by atoms with E-state index in [0.29, 0.717) is 23.8 Å². The van der Waals surface area contributed by atoms with E-state index < -0.39 is 0 Å². The number of thioether (sulfide) groups is 1. The van der Waals surface area contributed by atoms with Crippen molar-refractivity contribution in [3.05, 3.63) is 82.8 Å². The summed E-state index contributed by atoms with van der Waals surface area (Å²) in [6.45, 7) is 0.412. The van der Waals surface area contributed by atoms with E-state index in [1.165, 1.54) is 35.2 Å². The number of fused-ring (bicyclic) bond motifs is 1. The number of halogens is 2. The Hall–Kier alpha value is -2.29. The number of amides is 1. The van der Waals surface area contributed by atoms with Crippen molar-refractivity contribution in [2.24, 2.45) is 0 Å². The van der Waals surface area contributed by atoms with Gasteiger partial charge in [0.2, 0.25) is 5.91 Å². The lowest BCUT2D eigenvalue weighted by Gasteiger charge is -2.20. The Balaban J connectivity index is 1.52. The maximum atomic E-state index is 13.1. The van der Waals surface area contributed by atoms with Gasteiger partial charge in [-0.15, -0.1) is 11.8 Å². The van der Waals surface area contributed by atoms with Gasteiger partial charge in [0.1, 0.15) is 5.82 Å². The third kappa shape index (κ3) is 5.24. The van der Waals surface area contributed by atoms with Gasteiger partial charge < -0.3 is 0 Å². The van der Waals surface area contributed by atoms with E-state index >= 15 is 0 Å². The number of benzene rings is 2. The van der Waals surface area contributed by atoms with E-state index in [-0.39, 0.29) is 11.7 Å². The highest BCUT2D eigenvalue weighted by atomic mass is 79.9. The normalized spacial score (nSPS) is 11.0. The number of hydrogen-bond donors (Lipinski definition) is 0. The van der Waals surface area contributed by atoms with Gasteiger partial charge in [0.25, 0.3) is 0 Å². The van der Waals surface area contributed by atoms with E-state index in [4.69, 9.17) is 0 Å². The van der Waals surface area contributed by atoms with E-state index in [1.807, 2.05) is 30.3 Å². The molecule has 4 nitrogen and oxygen atoms in total. The average Bonchev–Trinajstić information content (AvgIpc) is 3.17. The molecule has 0 saturated heterocycles. The van der Waals surface area contributed by atoms with Gasteiger partial charge in [-0.25, -0.2) is 9.37 Å². The fraction of sp³-hybridized carbons (Fsp3) is 0.136. The second-order valence-corrected chi connectivity index (χ2v) is 9.60. The number of hydrogen-bond acceptors (Lipinski definition) is 5. The molecule has 2 aromatic heterocycles. The number of pyridine rings is 1. The first-order valence-electron chi connectivity index (χ1n) is 9.22. The quantitative estimate of drug-likeness (QED) is 0.278. The second-order valence-electron chi connectivity index (χ2n) is 6.50. The molecule has 8 heteroatoms. The van der Waals surface area contributed by atoms with Gasteiger partial charge in [0.05, 0.1) is 16.8 Å². The lowest BCUT2D eigenvalue weighted by Crippen LogP contribution is -2.30. The number of aromatic nitrogens is 2. The van der Waals surface area contributed by atoms with Crippen LogP contribution in [0.3, 0.4) is 0 Å². The Morgan fingerprint density at radius 2 is 2.00 bits per heavy atom. The molecule has 0 aliphatic rings. The fourth-order valence-electron chi connectivity index (χ4n) is 2.86. The highest BCUT2D eigenvalue weighted by Crippen LogP contribution is 2.32. The standard InChI is InChI=1S/C22H17BrFN3OS2/c23-16-3-8-19-20(12-16)30-22(26-19)27(14-15-2-1-10-25-13-15)21(28)9-11-29-18-6-4-17(24)5-7-18/h1-8,10,12-13H,9,11,14H2. The maximum Gasteiger partial charge on any atom is 0.229 e. The lowest BCUT2D eigenvalue weighted by molar-refractivity contribution is -0.118. The minimum Gasteiger partial charge on any atom is -0.284 e. The highest BCUT2D eigenvalue weighted by molar-refractivity contribution is 9.10. The van der Waals surface area contributed by atoms with Gasteiger partial charge in [-0.3, -0.25) is 14.7 Å². The summed E-state index contributed by atoms with van der Waals surface area (Å²) < 4.78 is 15.1. The summed E-state index contributed by atoms with van der Waals surface area (Å²) in [5.41, 5.74) is 1.81. The number of carbonyl (C=O) groups excluding carboxylic acids is 1. The molecule has 0 aliphatic heterocycles. The number of anilines is 1. The molecule has 0 bridgehead atoms. The van der Waals surface area contributed by atoms with E-state index in [1.54, 1.807) is 29.4 Å². The third-order valence-electron chi connectivity index (χ3n) is 4.33. The van der Waals surface area contributed by atoms with Crippen LogP contribution in [0, 0.1) is 5.82 Å². The van der Waals surface area contributed by atoms with Gasteiger partial charge in [-0.1, -0.05) is 33.3 Å². The Kier molecular flexibility index (Phi) is 6.76. The lowest BCUT2D eigenvalue weighted by atomic mass is 10.2. The molecule has 2 aromatic carbocycles. The SMILES string of the molecule is O=C(CCSc1ccc(F)cc1)N(Cc1cccnc1)c1nc2ccc(Br)cc2s1. The zero-order valence-corrected chi connectivity index (χ0v) is 19.0. The van der Waals surface area contributed by atoms with Crippen molar-refractivity contribution in [2.45, 2.75) is 17.9 Å². The summed E-state index contributed by atoms with van der Waals surface area (Å²) >= 11 is 6.51. The summed E-state index contributed by atoms with van der Waals surface area (Å²) in [6, 6.07) is 16.0. The van der Waals surface area contributed by atoms with Crippen molar-refractivity contribution in [3.63, 3.8) is 0 Å². The predicted molar refractivity (Wildman–Crippen MR) is 124 cm³/mol. The largest absolute Gasteiger partial charge is 0.284 e. The van der Waals surface area contributed by atoms with Crippen molar-refractivity contribution >= 4 is 60.3 Å². The van der Waals surface area contributed by atoms with Crippen LogP contribution in [0.15, 0.2) is 76.4 Å². The molecule has 4 aromatic rings. The predicted octanol–water partition coefficient (Wildman–Crippen LogP) is 6.31. The molecular formula is C22H17BrFN3OS2. The van der Waals surface area contributed by atoms with Gasteiger partial charge in [0, 0.05) is 33.9 Å². The first-order chi connectivity index (χ1) is 14.6. The van der Waals surface area contributed by atoms with Gasteiger partial charge >= 0.3 is 0 Å². The molecule has 152 valence electrons. The Bertz CT molecular complexity index is 1150. The number of rotatable bonds is 7. The van der Waals surface area contributed by atoms with Crippen LogP contribution in [-0.2, 0) is 11.3 Å². The van der Waals surface area contributed by atoms with Crippen molar-refractivity contribution in [3.8, 4) is 0 Å². The molecule has 30 heavy (non-hydrogen) atoms. The molecule has 0 aliphatic carbocycles. The van der Waals surface area contributed by atoms with Gasteiger partial charge in [0.15, 0.2) is 5.13 Å². The fourth-order valence-corrected chi connectivity index (χ4v) is 5.24. The van der Waals surface area contributed by atoms with E-state index in [2.05, 4.69) is 25.9 Å². The van der Waals surface area contributed by atoms with Crippen molar-refractivity contribution in [2.75, 3.05) is 10.7 Å². The molecule has 0 fully saturated rings. The number of thiazole rings is 1. The highest BCUT2D eigenvalue weighted by Gasteiger charge is 2.20. The van der Waals surface area contributed by atoms with Crippen molar-refractivity contribution < 1.29 is 9.18 Å². The molecule has 1 amide bonds. The zero-order valence-electron chi connectivity index (χ0n) is 15.8. The molecule has 0 spiro atoms. The van der Waals surface area contributed by atoms with Crippen LogP contribution >= 0.6 is 39.0 Å². The third-order valence-corrected chi connectivity index (χ3v) is 6.88. The Morgan fingerprint density at radius 1 is 1.17 bits per heavy atom. The Morgan fingerprint density at radius 3 is 2.77 bits per heavy atom. The first kappa shape index (κ1) is 21.0. The smallest absolute Gasteiger partial charge is 0.229 e. The van der Waals surface area contributed by atoms with Crippen LogP contribution in [-0.4, -0.2) is 21.6 Å². The summed E-state index contributed by atoms with van der Waals surface area (Å²) in [5, 5.41) is 0.670. The van der Waals surface area contributed by atoms with Crippen LogP contribution in [0.25, 0.3) is 10.2 Å². The number of carbonyl (C=O) groups is 1. The summed E-state index contributed by atoms with van der Waals surface area (Å²) in [6.07, 6.45) is 3.82. The van der Waals surface area contributed by atoms with Gasteiger partial charge in [-0.05, 0) is 54.1 Å². The van der Waals surface area contributed by atoms with E-state index in [0.717, 1.165) is 25.1 Å². The monoisotopic (exact) mass is 501 g/mol. The summed E-state index contributed by atoms with van der Waals surface area (Å²) in [5.74, 6) is 0.330. The molecular weight excluding hydrogens is 485 g/mol.